The highest BCUT2D eigenvalue weighted by Crippen LogP contribution is 2.33. The van der Waals surface area contributed by atoms with E-state index in [1.807, 2.05) is 24.0 Å². The Hall–Kier alpha value is -1.65. The zero-order valence-electron chi connectivity index (χ0n) is 11.9. The van der Waals surface area contributed by atoms with E-state index < -0.39 is 0 Å². The predicted octanol–water partition coefficient (Wildman–Crippen LogP) is 1.95. The van der Waals surface area contributed by atoms with Crippen LogP contribution in [0.25, 0.3) is 0 Å². The van der Waals surface area contributed by atoms with Crippen molar-refractivity contribution in [3.63, 3.8) is 0 Å². The van der Waals surface area contributed by atoms with Crippen LogP contribution in [-0.2, 0) is 4.79 Å². The molecule has 1 aromatic heterocycles. The normalized spacial score (nSPS) is 22.6. The van der Waals surface area contributed by atoms with E-state index in [0.29, 0.717) is 18.3 Å². The van der Waals surface area contributed by atoms with Gasteiger partial charge in [0.25, 0.3) is 0 Å². The highest BCUT2D eigenvalue weighted by Gasteiger charge is 2.30. The number of amides is 1. The molecule has 20 heavy (non-hydrogen) atoms. The monoisotopic (exact) mass is 275 g/mol. The molecule has 0 unspecified atom stereocenters. The van der Waals surface area contributed by atoms with Crippen LogP contribution in [0.2, 0.25) is 0 Å². The summed E-state index contributed by atoms with van der Waals surface area (Å²) in [6, 6.07) is 3.73. The van der Waals surface area contributed by atoms with Gasteiger partial charge in [0.1, 0.15) is 6.10 Å². The number of carbonyl (C=O) groups excluding carboxylic acids is 1. The van der Waals surface area contributed by atoms with Gasteiger partial charge >= 0.3 is 0 Å². The largest absolute Gasteiger partial charge is 0.471 e. The van der Waals surface area contributed by atoms with Crippen molar-refractivity contribution in [2.24, 2.45) is 5.92 Å². The van der Waals surface area contributed by atoms with Crippen LogP contribution in [-0.4, -0.2) is 40.2 Å². The SMILES string of the molecule is Cc1ccc(O[C@H]2CCCN(C(=O)CC3CC3)C2)nn1. The van der Waals surface area contributed by atoms with Crippen LogP contribution in [0.4, 0.5) is 0 Å². The van der Waals surface area contributed by atoms with Crippen LogP contribution >= 0.6 is 0 Å². The number of rotatable bonds is 4. The molecule has 3 rings (SSSR count). The molecule has 5 nitrogen and oxygen atoms in total. The number of nitrogens with zero attached hydrogens (tertiary/aromatic N) is 3. The maximum absolute atomic E-state index is 12.1. The summed E-state index contributed by atoms with van der Waals surface area (Å²) in [7, 11) is 0. The molecule has 1 saturated heterocycles. The Morgan fingerprint density at radius 3 is 2.90 bits per heavy atom. The molecule has 1 aromatic rings. The minimum atomic E-state index is 0.0453. The maximum atomic E-state index is 12.1. The van der Waals surface area contributed by atoms with E-state index in [4.69, 9.17) is 4.74 Å². The molecule has 5 heteroatoms. The average Bonchev–Trinajstić information content (AvgIpc) is 3.26. The summed E-state index contributed by atoms with van der Waals surface area (Å²) in [6.07, 6.45) is 5.18. The maximum Gasteiger partial charge on any atom is 0.233 e. The van der Waals surface area contributed by atoms with Crippen LogP contribution < -0.4 is 4.74 Å². The molecular formula is C15H21N3O2. The third kappa shape index (κ3) is 3.46. The minimum absolute atomic E-state index is 0.0453. The Morgan fingerprint density at radius 1 is 1.35 bits per heavy atom. The van der Waals surface area contributed by atoms with Gasteiger partial charge in [0, 0.05) is 19.0 Å². The van der Waals surface area contributed by atoms with E-state index in [2.05, 4.69) is 10.2 Å². The molecule has 2 fully saturated rings. The van der Waals surface area contributed by atoms with E-state index in [1.54, 1.807) is 0 Å². The van der Waals surface area contributed by atoms with Crippen molar-refractivity contribution in [1.82, 2.24) is 15.1 Å². The van der Waals surface area contributed by atoms with Crippen molar-refractivity contribution in [2.75, 3.05) is 13.1 Å². The van der Waals surface area contributed by atoms with Crippen LogP contribution in [0, 0.1) is 12.8 Å². The second kappa shape index (κ2) is 5.77. The van der Waals surface area contributed by atoms with Crippen molar-refractivity contribution < 1.29 is 9.53 Å². The number of hydrogen-bond acceptors (Lipinski definition) is 4. The van der Waals surface area contributed by atoms with Gasteiger partial charge in [0.15, 0.2) is 0 Å². The molecule has 1 aliphatic carbocycles. The summed E-state index contributed by atoms with van der Waals surface area (Å²) in [5.74, 6) is 1.49. The van der Waals surface area contributed by atoms with E-state index >= 15 is 0 Å². The number of ether oxygens (including phenoxy) is 1. The van der Waals surface area contributed by atoms with Crippen molar-refractivity contribution in [3.8, 4) is 5.88 Å². The van der Waals surface area contributed by atoms with Crippen LogP contribution in [0.3, 0.4) is 0 Å². The number of aromatic nitrogens is 2. The lowest BCUT2D eigenvalue weighted by Crippen LogP contribution is -2.44. The fraction of sp³-hybridized carbons (Fsp3) is 0.667. The molecule has 2 heterocycles. The first-order valence-electron chi connectivity index (χ1n) is 7.45. The molecule has 2 aliphatic rings. The molecule has 0 spiro atoms. The van der Waals surface area contributed by atoms with Crippen molar-refractivity contribution in [1.29, 1.82) is 0 Å². The quantitative estimate of drug-likeness (QED) is 0.843. The van der Waals surface area contributed by atoms with Gasteiger partial charge in [0.05, 0.1) is 12.2 Å². The van der Waals surface area contributed by atoms with E-state index in [9.17, 15) is 4.79 Å². The van der Waals surface area contributed by atoms with Gasteiger partial charge in [-0.15, -0.1) is 5.10 Å². The second-order valence-electron chi connectivity index (χ2n) is 5.88. The van der Waals surface area contributed by atoms with Crippen LogP contribution in [0.5, 0.6) is 5.88 Å². The Balaban J connectivity index is 1.54. The van der Waals surface area contributed by atoms with Gasteiger partial charge in [-0.1, -0.05) is 0 Å². The summed E-state index contributed by atoms with van der Waals surface area (Å²) in [5, 5.41) is 8.02. The molecular weight excluding hydrogens is 254 g/mol. The Labute approximate surface area is 119 Å². The molecule has 0 aromatic carbocycles. The summed E-state index contributed by atoms with van der Waals surface area (Å²) >= 11 is 0. The molecule has 1 atom stereocenters. The predicted molar refractivity (Wildman–Crippen MR) is 74.3 cm³/mol. The number of hydrogen-bond donors (Lipinski definition) is 0. The third-order valence-electron chi connectivity index (χ3n) is 3.95. The fourth-order valence-electron chi connectivity index (χ4n) is 2.58. The zero-order valence-corrected chi connectivity index (χ0v) is 11.9. The van der Waals surface area contributed by atoms with Crippen molar-refractivity contribution >= 4 is 5.91 Å². The summed E-state index contributed by atoms with van der Waals surface area (Å²) in [4.78, 5) is 14.1. The Morgan fingerprint density at radius 2 is 2.20 bits per heavy atom. The lowest BCUT2D eigenvalue weighted by molar-refractivity contribution is -0.134. The molecule has 108 valence electrons. The van der Waals surface area contributed by atoms with Crippen LogP contribution in [0.15, 0.2) is 12.1 Å². The second-order valence-corrected chi connectivity index (χ2v) is 5.88. The molecule has 1 amide bonds. The van der Waals surface area contributed by atoms with Gasteiger partial charge in [-0.3, -0.25) is 4.79 Å². The molecule has 0 N–H and O–H groups in total. The Bertz CT molecular complexity index is 471. The van der Waals surface area contributed by atoms with E-state index in [-0.39, 0.29) is 12.0 Å². The summed E-state index contributed by atoms with van der Waals surface area (Å²) in [6.45, 7) is 3.45. The van der Waals surface area contributed by atoms with Gasteiger partial charge in [-0.05, 0) is 44.6 Å². The lowest BCUT2D eigenvalue weighted by atomic mass is 10.1. The molecule has 0 bridgehead atoms. The highest BCUT2D eigenvalue weighted by atomic mass is 16.5. The van der Waals surface area contributed by atoms with Gasteiger partial charge in [0.2, 0.25) is 11.8 Å². The van der Waals surface area contributed by atoms with Crippen molar-refractivity contribution in [3.05, 3.63) is 17.8 Å². The van der Waals surface area contributed by atoms with Crippen LogP contribution in [0.1, 0.15) is 37.8 Å². The highest BCUT2D eigenvalue weighted by molar-refractivity contribution is 5.76. The Kier molecular flexibility index (Phi) is 3.85. The number of aryl methyl sites for hydroxylation is 1. The van der Waals surface area contributed by atoms with Gasteiger partial charge in [-0.2, -0.15) is 5.10 Å². The topological polar surface area (TPSA) is 55.3 Å². The van der Waals surface area contributed by atoms with E-state index in [1.165, 1.54) is 12.8 Å². The van der Waals surface area contributed by atoms with Gasteiger partial charge < -0.3 is 9.64 Å². The summed E-state index contributed by atoms with van der Waals surface area (Å²) in [5.41, 5.74) is 0.877. The first kappa shape index (κ1) is 13.3. The van der Waals surface area contributed by atoms with Crippen molar-refractivity contribution in [2.45, 2.75) is 45.1 Å². The average molecular weight is 275 g/mol. The zero-order chi connectivity index (χ0) is 13.9. The minimum Gasteiger partial charge on any atom is -0.471 e. The first-order chi connectivity index (χ1) is 9.70. The molecule has 1 aliphatic heterocycles. The summed E-state index contributed by atoms with van der Waals surface area (Å²) < 4.78 is 5.84. The standard InChI is InChI=1S/C15H21N3O2/c1-11-4-7-14(17-16-11)20-13-3-2-8-18(10-13)15(19)9-12-5-6-12/h4,7,12-13H,2-3,5-6,8-10H2,1H3/t13-/m0/s1. The number of carbonyl (C=O) groups is 1. The number of likely N-dealkylation sites (tertiary alicyclic amines) is 1. The smallest absolute Gasteiger partial charge is 0.233 e. The molecule has 1 saturated carbocycles. The fourth-order valence-corrected chi connectivity index (χ4v) is 2.58. The number of piperidine rings is 1. The lowest BCUT2D eigenvalue weighted by Gasteiger charge is -2.32. The van der Waals surface area contributed by atoms with E-state index in [0.717, 1.165) is 31.5 Å². The third-order valence-corrected chi connectivity index (χ3v) is 3.95. The van der Waals surface area contributed by atoms with Gasteiger partial charge in [-0.25, -0.2) is 0 Å². The molecule has 0 radical (unpaired) electrons. The first-order valence-corrected chi connectivity index (χ1v) is 7.45.